The van der Waals surface area contributed by atoms with Crippen LogP contribution in [0.15, 0.2) is 0 Å². The van der Waals surface area contributed by atoms with Gasteiger partial charge in [0, 0.05) is 0 Å². The molecule has 0 saturated heterocycles. The van der Waals surface area contributed by atoms with Gasteiger partial charge in [-0.1, -0.05) is 0 Å². The molecule has 11 heteroatoms. The summed E-state index contributed by atoms with van der Waals surface area (Å²) in [6, 6.07) is 0. The second-order valence-corrected chi connectivity index (χ2v) is 2.01. The Hall–Kier alpha value is 3.14. The van der Waals surface area contributed by atoms with E-state index in [1.807, 2.05) is 0 Å². The second kappa shape index (κ2) is 51.4. The Kier molecular flexibility index (Phi) is 137. The molecule has 0 aliphatic rings. The van der Waals surface area contributed by atoms with Crippen molar-refractivity contribution in [1.82, 2.24) is 0 Å². The Morgan fingerprint density at radius 2 is 0.727 bits per heavy atom. The van der Waals surface area contributed by atoms with Gasteiger partial charge in [-0.25, -0.2) is 0 Å². The first-order chi connectivity index (χ1) is 4.24. The fourth-order valence-electron chi connectivity index (χ4n) is 0. The van der Waals surface area contributed by atoms with Crippen molar-refractivity contribution in [2.45, 2.75) is 0 Å². The van der Waals surface area contributed by atoms with Crippen molar-refractivity contribution < 1.29 is 67.0 Å². The van der Waals surface area contributed by atoms with Crippen LogP contribution in [0.4, 0.5) is 0 Å². The molecule has 0 amide bonds. The zero-order valence-electron chi connectivity index (χ0n) is 5.84. The molecular weight excluding hydrogens is 471 g/mol. The Bertz CT molecular complexity index is 28.5. The van der Waals surface area contributed by atoms with E-state index in [1.165, 1.54) is 0 Å². The van der Waals surface area contributed by atoms with Gasteiger partial charge in [0.2, 0.25) is 0 Å². The van der Waals surface area contributed by atoms with Gasteiger partial charge in [-0.15, -0.1) is 0 Å². The van der Waals surface area contributed by atoms with E-state index in [4.69, 9.17) is 17.7 Å². The van der Waals surface area contributed by atoms with E-state index in [-0.39, 0.29) is 45.6 Å². The summed E-state index contributed by atoms with van der Waals surface area (Å²) in [4.78, 5) is 0. The molecule has 0 saturated carbocycles. The summed E-state index contributed by atoms with van der Waals surface area (Å²) in [7, 11) is 0. The van der Waals surface area contributed by atoms with Gasteiger partial charge in [-0.2, -0.15) is 0 Å². The Labute approximate surface area is 128 Å². The number of hydrogen-bond donors (Lipinski definition) is 0. The first-order valence-electron chi connectivity index (χ1n) is 1.41. The van der Waals surface area contributed by atoms with Gasteiger partial charge in [0.25, 0.3) is 0 Å². The Balaban J connectivity index is -0.0000000150. The zero-order chi connectivity index (χ0) is 8.12. The first-order valence-corrected chi connectivity index (χ1v) is 5.05. The Morgan fingerprint density at radius 1 is 0.727 bits per heavy atom. The van der Waals surface area contributed by atoms with E-state index in [9.17, 15) is 0 Å². The molecule has 0 aliphatic carbocycles. The predicted octanol–water partition coefficient (Wildman–Crippen LogP) is -0.108. The van der Waals surface area contributed by atoms with E-state index in [1.54, 1.807) is 0 Å². The van der Waals surface area contributed by atoms with Crippen LogP contribution in [0, 0.1) is 0 Å². The Morgan fingerprint density at radius 3 is 0.727 bits per heavy atom. The summed E-state index contributed by atoms with van der Waals surface area (Å²) < 4.78 is 10.1. The van der Waals surface area contributed by atoms with Crippen LogP contribution in [0.5, 0.6) is 0 Å². The molecule has 0 aromatic rings. The number of rotatable bonds is 0. The van der Waals surface area contributed by atoms with Gasteiger partial charge in [-0.3, -0.25) is 0 Å². The van der Waals surface area contributed by atoms with Crippen molar-refractivity contribution in [3.8, 4) is 0 Å². The molecule has 0 N–H and O–H groups in total. The normalized spacial score (nSPS) is 5.18. The van der Waals surface area contributed by atoms with Gasteiger partial charge >= 0.3 is 130 Å². The van der Waals surface area contributed by atoms with Gasteiger partial charge in [0.15, 0.2) is 0 Å². The first kappa shape index (κ1) is 29.2. The number of hydrogen-bond acceptors (Lipinski definition) is 3. The molecule has 0 aliphatic heterocycles. The topological polar surface area (TPSA) is 94.6 Å². The molecule has 0 radical (unpaired) electrons. The van der Waals surface area contributed by atoms with E-state index in [0.29, 0.717) is 56.0 Å². The van der Waals surface area contributed by atoms with Crippen LogP contribution >= 0.6 is 0 Å². The van der Waals surface area contributed by atoms with Crippen LogP contribution < -0.4 is 0 Å². The molecule has 0 rings (SSSR count). The van der Waals surface area contributed by atoms with Crippen molar-refractivity contribution in [2.24, 2.45) is 0 Å². The monoisotopic (exact) mass is 466 g/mol. The van der Waals surface area contributed by atoms with Gasteiger partial charge in [-0.05, 0) is 0 Å². The minimum atomic E-state index is 0. The van der Waals surface area contributed by atoms with Crippen LogP contribution in [0.1, 0.15) is 0 Å². The maximum atomic E-state index is 7.12. The maximum absolute atomic E-state index is 7.12. The van der Waals surface area contributed by atoms with Crippen LogP contribution in [0.25, 0.3) is 17.7 Å². The molecular formula is GaInN3O3Zn3. The molecule has 0 aromatic carbocycles. The molecule has 0 unspecified atom stereocenters. The molecule has 45 valence electrons. The summed E-state index contributed by atoms with van der Waals surface area (Å²) in [5, 5.41) is 0. The summed E-state index contributed by atoms with van der Waals surface area (Å²) >= 11 is 1.50. The van der Waals surface area contributed by atoms with E-state index in [0.717, 1.165) is 0 Å². The van der Waals surface area contributed by atoms with Crippen molar-refractivity contribution in [3.63, 3.8) is 0 Å². The van der Waals surface area contributed by atoms with Gasteiger partial charge in [0.1, 0.15) is 0 Å². The van der Waals surface area contributed by atoms with E-state index in [2.05, 4.69) is 11.0 Å². The van der Waals surface area contributed by atoms with Gasteiger partial charge < -0.3 is 0 Å². The third-order valence-electron chi connectivity index (χ3n) is 0. The molecule has 0 aromatic heterocycles. The van der Waals surface area contributed by atoms with Crippen molar-refractivity contribution in [3.05, 3.63) is 17.7 Å². The van der Waals surface area contributed by atoms with Crippen molar-refractivity contribution in [1.29, 1.82) is 0 Å². The number of nitrogens with zero attached hydrogens (tertiary/aromatic N) is 3. The van der Waals surface area contributed by atoms with Crippen molar-refractivity contribution in [2.75, 3.05) is 0 Å². The molecule has 0 atom stereocenters. The molecule has 0 heterocycles. The summed E-state index contributed by atoms with van der Waals surface area (Å²) in [5.74, 6) is 21.4. The third kappa shape index (κ3) is 166. The molecule has 0 fully saturated rings. The summed E-state index contributed by atoms with van der Waals surface area (Å²) in [6.45, 7) is 0. The third-order valence-corrected chi connectivity index (χ3v) is 0. The average Bonchev–Trinajstić information content (AvgIpc) is 1.70. The predicted molar refractivity (Wildman–Crippen MR) is 24.8 cm³/mol. The van der Waals surface area contributed by atoms with Crippen LogP contribution in [0.3, 0.4) is 0 Å². The van der Waals surface area contributed by atoms with Crippen LogP contribution in [-0.4, -0.2) is 45.6 Å². The quantitative estimate of drug-likeness (QED) is 0.365. The van der Waals surface area contributed by atoms with Gasteiger partial charge in [0.05, 0.1) is 0 Å². The second-order valence-electron chi connectivity index (χ2n) is 0.387. The van der Waals surface area contributed by atoms with E-state index < -0.39 is 0 Å². The fraction of sp³-hybridized carbons (Fsp3) is 0. The summed E-state index contributed by atoms with van der Waals surface area (Å²) in [5.41, 5.74) is 0. The average molecular weight is 471 g/mol. The molecule has 0 bridgehead atoms. The SMILES string of the molecule is [Ga+3].[In+3].[N-2][O][Zn].[N-2][O][Zn].[N-2][O][Zn]. The minimum absolute atomic E-state index is 0. The van der Waals surface area contributed by atoms with E-state index >= 15 is 0 Å². The molecule has 0 spiro atoms. The standard InChI is InChI=1S/Ga.In.3NO.3Zn/c;;3*1-2;;;/q2*+3;3*-3;3*+1. The zero-order valence-corrected chi connectivity index (χ0v) is 20.5. The molecule has 6 nitrogen and oxygen atoms in total. The van der Waals surface area contributed by atoms with Crippen LogP contribution in [-0.2, 0) is 67.0 Å². The van der Waals surface area contributed by atoms with Crippen LogP contribution in [0.2, 0.25) is 0 Å². The van der Waals surface area contributed by atoms with Crippen molar-refractivity contribution >= 4 is 45.6 Å². The molecule has 11 heavy (non-hydrogen) atoms. The fourth-order valence-corrected chi connectivity index (χ4v) is 0. The summed E-state index contributed by atoms with van der Waals surface area (Å²) in [6.07, 6.45) is 0.